The molecule has 30 heavy (non-hydrogen) atoms. The summed E-state index contributed by atoms with van der Waals surface area (Å²) in [5.41, 5.74) is 1.41. The lowest BCUT2D eigenvalue weighted by atomic mass is 10.1. The van der Waals surface area contributed by atoms with Crippen molar-refractivity contribution in [2.24, 2.45) is 0 Å². The third-order valence-corrected chi connectivity index (χ3v) is 6.16. The first-order valence-corrected chi connectivity index (χ1v) is 10.4. The lowest BCUT2D eigenvalue weighted by Crippen LogP contribution is -2.21. The Morgan fingerprint density at radius 3 is 2.83 bits per heavy atom. The summed E-state index contributed by atoms with van der Waals surface area (Å²) in [7, 11) is 0. The van der Waals surface area contributed by atoms with Gasteiger partial charge in [-0.3, -0.25) is 9.59 Å². The molecule has 1 aliphatic rings. The molecule has 3 aromatic rings. The first-order chi connectivity index (χ1) is 14.6. The molecular weight excluding hydrogens is 404 g/mol. The number of esters is 1. The van der Waals surface area contributed by atoms with Gasteiger partial charge in [-0.05, 0) is 43.4 Å². The van der Waals surface area contributed by atoms with Crippen molar-refractivity contribution in [2.75, 3.05) is 11.9 Å². The molecule has 1 aromatic carbocycles. The minimum atomic E-state index is -0.907. The van der Waals surface area contributed by atoms with Crippen molar-refractivity contribution in [1.82, 2.24) is 0 Å². The van der Waals surface area contributed by atoms with Crippen LogP contribution in [0.15, 0.2) is 39.5 Å². The van der Waals surface area contributed by atoms with E-state index < -0.39 is 18.5 Å². The van der Waals surface area contributed by atoms with Crippen molar-refractivity contribution >= 4 is 39.2 Å². The molecule has 0 fully saturated rings. The zero-order valence-electron chi connectivity index (χ0n) is 16.0. The predicted octanol–water partition coefficient (Wildman–Crippen LogP) is 3.79. The number of fused-ring (bicyclic) bond motifs is 2. The summed E-state index contributed by atoms with van der Waals surface area (Å²) in [5, 5.41) is 13.0. The van der Waals surface area contributed by atoms with Crippen LogP contribution in [0, 0.1) is 11.3 Å². The summed E-state index contributed by atoms with van der Waals surface area (Å²) in [6.07, 6.45) is 4.97. The minimum absolute atomic E-state index is 0.264. The van der Waals surface area contributed by atoms with E-state index in [1.807, 2.05) is 0 Å². The van der Waals surface area contributed by atoms with Crippen LogP contribution in [0.1, 0.15) is 45.8 Å². The van der Waals surface area contributed by atoms with Crippen LogP contribution in [0.25, 0.3) is 11.0 Å². The van der Waals surface area contributed by atoms with E-state index in [9.17, 15) is 19.6 Å². The van der Waals surface area contributed by atoms with Crippen molar-refractivity contribution in [1.29, 1.82) is 5.26 Å². The van der Waals surface area contributed by atoms with E-state index in [1.165, 1.54) is 11.3 Å². The average Bonchev–Trinajstić information content (AvgIpc) is 2.90. The number of amides is 1. The number of carbonyl (C=O) groups excluding carboxylic acids is 2. The number of para-hydroxylation sites is 1. The third-order valence-electron chi connectivity index (χ3n) is 4.96. The summed E-state index contributed by atoms with van der Waals surface area (Å²) >= 11 is 1.41. The molecule has 2 aromatic heterocycles. The van der Waals surface area contributed by atoms with Gasteiger partial charge in [-0.25, -0.2) is 4.79 Å². The number of nitrogens with one attached hydrogen (secondary N) is 1. The zero-order valence-corrected chi connectivity index (χ0v) is 16.8. The molecule has 0 aliphatic heterocycles. The van der Waals surface area contributed by atoms with Crippen LogP contribution in [-0.2, 0) is 22.4 Å². The number of rotatable bonds is 4. The largest absolute Gasteiger partial charge is 0.450 e. The van der Waals surface area contributed by atoms with Gasteiger partial charge in [-0.2, -0.15) is 5.26 Å². The van der Waals surface area contributed by atoms with Gasteiger partial charge in [-0.1, -0.05) is 18.6 Å². The number of carbonyl (C=O) groups is 2. The Kier molecular flexibility index (Phi) is 5.63. The van der Waals surface area contributed by atoms with Crippen LogP contribution in [-0.4, -0.2) is 18.5 Å². The fourth-order valence-corrected chi connectivity index (χ4v) is 4.77. The molecule has 2 heterocycles. The van der Waals surface area contributed by atoms with E-state index >= 15 is 0 Å². The Labute approximate surface area is 175 Å². The molecule has 0 unspecified atom stereocenters. The van der Waals surface area contributed by atoms with E-state index in [1.54, 1.807) is 24.3 Å². The van der Waals surface area contributed by atoms with Gasteiger partial charge in [0.15, 0.2) is 12.0 Å². The molecule has 7 nitrogen and oxygen atoms in total. The highest BCUT2D eigenvalue weighted by Gasteiger charge is 2.22. The average molecular weight is 422 g/mol. The number of aryl methyl sites for hydroxylation is 1. The highest BCUT2D eigenvalue weighted by Crippen LogP contribution is 2.36. The molecule has 0 saturated heterocycles. The number of nitrogens with zero attached hydrogens (tertiary/aromatic N) is 1. The van der Waals surface area contributed by atoms with Crippen LogP contribution >= 0.6 is 11.3 Å². The third kappa shape index (κ3) is 3.98. The molecular formula is C22H18N2O5S. The van der Waals surface area contributed by atoms with Crippen LogP contribution < -0.4 is 10.7 Å². The van der Waals surface area contributed by atoms with E-state index in [2.05, 4.69) is 11.4 Å². The molecule has 0 bridgehead atoms. The number of thiophene rings is 1. The lowest BCUT2D eigenvalue weighted by molar-refractivity contribution is -0.119. The molecule has 1 aliphatic carbocycles. The van der Waals surface area contributed by atoms with Gasteiger partial charge in [0.05, 0.1) is 10.9 Å². The highest BCUT2D eigenvalue weighted by molar-refractivity contribution is 7.16. The van der Waals surface area contributed by atoms with Crippen molar-refractivity contribution in [3.63, 3.8) is 0 Å². The number of hydrogen-bond donors (Lipinski definition) is 1. The van der Waals surface area contributed by atoms with Crippen LogP contribution in [0.3, 0.4) is 0 Å². The molecule has 0 radical (unpaired) electrons. The molecule has 1 amide bonds. The fourth-order valence-electron chi connectivity index (χ4n) is 3.52. The maximum Gasteiger partial charge on any atom is 0.374 e. The molecule has 0 saturated carbocycles. The Bertz CT molecular complexity index is 1230. The van der Waals surface area contributed by atoms with Crippen LogP contribution in [0.5, 0.6) is 0 Å². The first-order valence-electron chi connectivity index (χ1n) is 9.61. The summed E-state index contributed by atoms with van der Waals surface area (Å²) < 4.78 is 10.4. The van der Waals surface area contributed by atoms with Gasteiger partial charge in [0, 0.05) is 10.9 Å². The van der Waals surface area contributed by atoms with Crippen LogP contribution in [0.4, 0.5) is 5.00 Å². The fraction of sp³-hybridized carbons (Fsp3) is 0.273. The van der Waals surface area contributed by atoms with E-state index in [-0.39, 0.29) is 16.8 Å². The van der Waals surface area contributed by atoms with Gasteiger partial charge < -0.3 is 14.5 Å². The Balaban J connectivity index is 1.44. The maximum atomic E-state index is 12.3. The standard InChI is InChI=1S/C22H18N2O5S/c23-11-15-13-6-2-1-3-9-19(13)30-21(15)24-20(26)12-28-22(27)18-10-16(25)14-7-4-5-8-17(14)29-18/h4-5,7-8,10H,1-3,6,9,12H2,(H,24,26). The SMILES string of the molecule is N#Cc1c(NC(=O)COC(=O)c2cc(=O)c3ccccc3o2)sc2c1CCCCC2. The van der Waals surface area contributed by atoms with Crippen molar-refractivity contribution in [3.8, 4) is 6.07 Å². The summed E-state index contributed by atoms with van der Waals surface area (Å²) in [6.45, 7) is -0.553. The zero-order chi connectivity index (χ0) is 21.1. The monoisotopic (exact) mass is 422 g/mol. The number of hydrogen-bond acceptors (Lipinski definition) is 7. The van der Waals surface area contributed by atoms with Gasteiger partial charge in [0.2, 0.25) is 5.76 Å². The number of benzene rings is 1. The highest BCUT2D eigenvalue weighted by atomic mass is 32.1. The molecule has 1 N–H and O–H groups in total. The lowest BCUT2D eigenvalue weighted by Gasteiger charge is -2.06. The van der Waals surface area contributed by atoms with Gasteiger partial charge in [0.1, 0.15) is 16.7 Å². The predicted molar refractivity (Wildman–Crippen MR) is 112 cm³/mol. The number of anilines is 1. The number of nitriles is 1. The molecule has 0 spiro atoms. The molecule has 0 atom stereocenters. The van der Waals surface area contributed by atoms with Gasteiger partial charge in [-0.15, -0.1) is 11.3 Å². The Morgan fingerprint density at radius 1 is 1.20 bits per heavy atom. The summed E-state index contributed by atoms with van der Waals surface area (Å²) in [5.74, 6) is -1.73. The number of ether oxygens (including phenoxy) is 1. The maximum absolute atomic E-state index is 12.3. The van der Waals surface area contributed by atoms with Gasteiger partial charge >= 0.3 is 5.97 Å². The molecule has 8 heteroatoms. The minimum Gasteiger partial charge on any atom is -0.450 e. The second kappa shape index (κ2) is 8.51. The Hall–Kier alpha value is -3.44. The quantitative estimate of drug-likeness (QED) is 0.506. The topological polar surface area (TPSA) is 109 Å². The van der Waals surface area contributed by atoms with Crippen LogP contribution in [0.2, 0.25) is 0 Å². The van der Waals surface area contributed by atoms with Crippen molar-refractivity contribution in [3.05, 3.63) is 62.3 Å². The first kappa shape index (κ1) is 19.9. The second-order valence-electron chi connectivity index (χ2n) is 6.98. The van der Waals surface area contributed by atoms with E-state index in [0.29, 0.717) is 16.0 Å². The van der Waals surface area contributed by atoms with Crippen molar-refractivity contribution in [2.45, 2.75) is 32.1 Å². The Morgan fingerprint density at radius 2 is 2.00 bits per heavy atom. The normalized spacial score (nSPS) is 13.2. The smallest absolute Gasteiger partial charge is 0.374 e. The van der Waals surface area contributed by atoms with E-state index in [0.717, 1.165) is 48.6 Å². The molecule has 152 valence electrons. The van der Waals surface area contributed by atoms with Gasteiger partial charge in [0.25, 0.3) is 5.91 Å². The van der Waals surface area contributed by atoms with Crippen molar-refractivity contribution < 1.29 is 18.7 Å². The van der Waals surface area contributed by atoms with E-state index in [4.69, 9.17) is 9.15 Å². The summed E-state index contributed by atoms with van der Waals surface area (Å²) in [4.78, 5) is 37.8. The molecule has 4 rings (SSSR count). The second-order valence-corrected chi connectivity index (χ2v) is 8.08. The summed E-state index contributed by atoms with van der Waals surface area (Å²) in [6, 6.07) is 9.79.